The molecule has 22 heavy (non-hydrogen) atoms. The van der Waals surface area contributed by atoms with Gasteiger partial charge in [-0.05, 0) is 39.7 Å². The Bertz CT molecular complexity index is 617. The second-order valence-corrected chi connectivity index (χ2v) is 8.30. The van der Waals surface area contributed by atoms with Crippen LogP contribution in [0.25, 0.3) is 0 Å². The first kappa shape index (κ1) is 16.9. The summed E-state index contributed by atoms with van der Waals surface area (Å²) < 4.78 is 21.4. The van der Waals surface area contributed by atoms with Gasteiger partial charge in [0.2, 0.25) is 0 Å². The maximum Gasteiger partial charge on any atom is 0.306 e. The van der Waals surface area contributed by atoms with E-state index in [2.05, 4.69) is 4.40 Å². The molecule has 5 heteroatoms. The summed E-state index contributed by atoms with van der Waals surface area (Å²) in [5.74, 6) is -0.133. The average Bonchev–Trinajstić information content (AvgIpc) is 2.76. The molecule has 0 amide bonds. The Morgan fingerprint density at radius 3 is 2.68 bits per heavy atom. The molecule has 0 fully saturated rings. The number of rotatable bonds is 4. The molecule has 0 heterocycles. The van der Waals surface area contributed by atoms with E-state index in [1.165, 1.54) is 0 Å². The van der Waals surface area contributed by atoms with Crippen molar-refractivity contribution in [3.63, 3.8) is 0 Å². The van der Waals surface area contributed by atoms with Crippen molar-refractivity contribution in [3.8, 4) is 0 Å². The number of esters is 1. The Morgan fingerprint density at radius 2 is 2.05 bits per heavy atom. The highest BCUT2D eigenvalue weighted by atomic mass is 32.2. The fourth-order valence-corrected chi connectivity index (χ4v) is 3.14. The van der Waals surface area contributed by atoms with Gasteiger partial charge in [-0.3, -0.25) is 4.79 Å². The van der Waals surface area contributed by atoms with Crippen LogP contribution in [0.1, 0.15) is 57.6 Å². The molecule has 0 saturated carbocycles. The molecule has 0 saturated heterocycles. The van der Waals surface area contributed by atoms with Crippen LogP contribution in [0, 0.1) is 0 Å². The molecule has 0 aliphatic heterocycles. The number of carbonyl (C=O) groups excluding carboxylic acids is 1. The molecule has 2 rings (SSSR count). The van der Waals surface area contributed by atoms with Gasteiger partial charge in [-0.2, -0.15) is 4.40 Å². The highest BCUT2D eigenvalue weighted by Crippen LogP contribution is 2.36. The molecule has 120 valence electrons. The number of ether oxygens (including phenoxy) is 1. The lowest BCUT2D eigenvalue weighted by molar-refractivity contribution is -0.143. The van der Waals surface area contributed by atoms with E-state index in [0.717, 1.165) is 16.8 Å². The standard InChI is InChI=1S/C17H23NO3S/c1-5-21-16(19)11-12-10-15(18-22(20)17(2,3)4)14-9-7-6-8-13(12)14/h6-9,12H,5,10-11H2,1-4H3/b18-15+/t12-,22-/m1/s1. The Hall–Kier alpha value is -1.49. The largest absolute Gasteiger partial charge is 0.466 e. The van der Waals surface area contributed by atoms with E-state index < -0.39 is 11.0 Å². The zero-order chi connectivity index (χ0) is 16.3. The Morgan fingerprint density at radius 1 is 1.36 bits per heavy atom. The van der Waals surface area contributed by atoms with Crippen LogP contribution in [-0.4, -0.2) is 27.2 Å². The first-order valence-corrected chi connectivity index (χ1v) is 8.68. The molecule has 1 aliphatic carbocycles. The third-order valence-electron chi connectivity index (χ3n) is 3.59. The van der Waals surface area contributed by atoms with Gasteiger partial charge < -0.3 is 4.74 Å². The quantitative estimate of drug-likeness (QED) is 0.799. The summed E-state index contributed by atoms with van der Waals surface area (Å²) >= 11 is 0. The zero-order valence-corrected chi connectivity index (χ0v) is 14.4. The molecule has 0 bridgehead atoms. The predicted molar refractivity (Wildman–Crippen MR) is 89.5 cm³/mol. The van der Waals surface area contributed by atoms with Crippen molar-refractivity contribution >= 4 is 22.7 Å². The third-order valence-corrected chi connectivity index (χ3v) is 5.02. The summed E-state index contributed by atoms with van der Waals surface area (Å²) in [7, 11) is -1.29. The van der Waals surface area contributed by atoms with E-state index in [9.17, 15) is 9.00 Å². The monoisotopic (exact) mass is 321 g/mol. The van der Waals surface area contributed by atoms with Crippen LogP contribution >= 0.6 is 0 Å². The molecule has 1 aromatic carbocycles. The van der Waals surface area contributed by atoms with Crippen molar-refractivity contribution < 1.29 is 13.7 Å². The number of carbonyl (C=O) groups is 1. The summed E-state index contributed by atoms with van der Waals surface area (Å²) in [5, 5.41) is 0. The lowest BCUT2D eigenvalue weighted by Crippen LogP contribution is -2.20. The molecular formula is C17H23NO3S. The van der Waals surface area contributed by atoms with Gasteiger partial charge >= 0.3 is 5.97 Å². The van der Waals surface area contributed by atoms with Gasteiger partial charge in [0.15, 0.2) is 0 Å². The van der Waals surface area contributed by atoms with E-state index in [-0.39, 0.29) is 16.6 Å². The smallest absolute Gasteiger partial charge is 0.306 e. The van der Waals surface area contributed by atoms with Crippen LogP contribution in [0.2, 0.25) is 0 Å². The van der Waals surface area contributed by atoms with E-state index in [1.807, 2.05) is 45.0 Å². The van der Waals surface area contributed by atoms with Gasteiger partial charge in [-0.25, -0.2) is 4.21 Å². The first-order chi connectivity index (χ1) is 10.3. The van der Waals surface area contributed by atoms with Gasteiger partial charge in [-0.1, -0.05) is 24.3 Å². The van der Waals surface area contributed by atoms with Crippen LogP contribution in [0.3, 0.4) is 0 Å². The van der Waals surface area contributed by atoms with E-state index >= 15 is 0 Å². The van der Waals surface area contributed by atoms with Crippen molar-refractivity contribution in [2.75, 3.05) is 6.61 Å². The van der Waals surface area contributed by atoms with Gasteiger partial charge in [0, 0.05) is 11.5 Å². The van der Waals surface area contributed by atoms with Crippen LogP contribution in [0.15, 0.2) is 28.7 Å². The van der Waals surface area contributed by atoms with Crippen LogP contribution in [0.5, 0.6) is 0 Å². The third kappa shape index (κ3) is 3.83. The van der Waals surface area contributed by atoms with Crippen molar-refractivity contribution in [1.29, 1.82) is 0 Å². The number of hydrogen-bond donors (Lipinski definition) is 0. The number of nitrogens with zero attached hydrogens (tertiary/aromatic N) is 1. The SMILES string of the molecule is CCOC(=O)C[C@H]1C/C(=N\[S@](=O)C(C)(C)C)c2ccccc21. The molecule has 4 nitrogen and oxygen atoms in total. The summed E-state index contributed by atoms with van der Waals surface area (Å²) in [6, 6.07) is 7.91. The molecule has 0 aromatic heterocycles. The summed E-state index contributed by atoms with van der Waals surface area (Å²) in [6.07, 6.45) is 0.978. The fraction of sp³-hybridized carbons (Fsp3) is 0.529. The Kier molecular flexibility index (Phi) is 5.16. The molecule has 0 N–H and O–H groups in total. The van der Waals surface area contributed by atoms with Crippen molar-refractivity contribution in [1.82, 2.24) is 0 Å². The van der Waals surface area contributed by atoms with Gasteiger partial charge in [0.1, 0.15) is 11.0 Å². The summed E-state index contributed by atoms with van der Waals surface area (Å²) in [6.45, 7) is 7.92. The Balaban J connectivity index is 2.28. The molecule has 0 radical (unpaired) electrons. The summed E-state index contributed by atoms with van der Waals surface area (Å²) in [5.41, 5.74) is 2.94. The highest BCUT2D eigenvalue weighted by molar-refractivity contribution is 7.85. The topological polar surface area (TPSA) is 55.7 Å². The number of benzene rings is 1. The van der Waals surface area contributed by atoms with E-state index in [0.29, 0.717) is 19.4 Å². The van der Waals surface area contributed by atoms with Crippen LogP contribution in [0.4, 0.5) is 0 Å². The molecule has 1 aromatic rings. The maximum absolute atomic E-state index is 12.3. The van der Waals surface area contributed by atoms with Gasteiger partial charge in [0.25, 0.3) is 0 Å². The lowest BCUT2D eigenvalue weighted by Gasteiger charge is -2.14. The van der Waals surface area contributed by atoms with Crippen molar-refractivity contribution in [2.24, 2.45) is 4.40 Å². The molecule has 1 aliphatic rings. The normalized spacial score (nSPS) is 20.7. The van der Waals surface area contributed by atoms with E-state index in [1.54, 1.807) is 6.92 Å². The van der Waals surface area contributed by atoms with Gasteiger partial charge in [-0.15, -0.1) is 0 Å². The van der Waals surface area contributed by atoms with E-state index in [4.69, 9.17) is 4.74 Å². The minimum Gasteiger partial charge on any atom is -0.466 e. The lowest BCUT2D eigenvalue weighted by atomic mass is 9.98. The fourth-order valence-electron chi connectivity index (χ4n) is 2.50. The minimum atomic E-state index is -1.29. The molecule has 0 spiro atoms. The predicted octanol–water partition coefficient (Wildman–Crippen LogP) is 3.38. The van der Waals surface area contributed by atoms with Crippen LogP contribution < -0.4 is 0 Å². The van der Waals surface area contributed by atoms with Crippen molar-refractivity contribution in [3.05, 3.63) is 35.4 Å². The molecular weight excluding hydrogens is 298 g/mol. The summed E-state index contributed by atoms with van der Waals surface area (Å²) in [4.78, 5) is 11.8. The second-order valence-electron chi connectivity index (χ2n) is 6.40. The highest BCUT2D eigenvalue weighted by Gasteiger charge is 2.31. The van der Waals surface area contributed by atoms with Crippen LogP contribution in [-0.2, 0) is 20.5 Å². The minimum absolute atomic E-state index is 0.0611. The zero-order valence-electron chi connectivity index (χ0n) is 13.6. The molecule has 0 unspecified atom stereocenters. The van der Waals surface area contributed by atoms with Crippen molar-refractivity contribution in [2.45, 2.75) is 51.2 Å². The average molecular weight is 321 g/mol. The number of hydrogen-bond acceptors (Lipinski definition) is 3. The second kappa shape index (κ2) is 6.73. The first-order valence-electron chi connectivity index (χ1n) is 7.57. The van der Waals surface area contributed by atoms with Gasteiger partial charge in [0.05, 0.1) is 23.5 Å². The molecule has 2 atom stereocenters. The Labute approximate surface area is 134 Å². The maximum atomic E-state index is 12.3. The number of fused-ring (bicyclic) bond motifs is 1.